The Kier molecular flexibility index (Phi) is 5.67. The number of hydrogen-bond donors (Lipinski definition) is 0. The third-order valence-electron chi connectivity index (χ3n) is 3.49. The molecule has 0 aliphatic rings. The molecule has 25 heavy (non-hydrogen) atoms. The molecule has 6 nitrogen and oxygen atoms in total. The molecule has 8 heteroatoms. The van der Waals surface area contributed by atoms with Gasteiger partial charge in [-0.15, -0.1) is 5.10 Å². The first kappa shape index (κ1) is 17.4. The molecule has 2 aromatic carbocycles. The largest absolute Gasteiger partial charge is 0.497 e. The number of carbonyl (C=O) groups is 1. The summed E-state index contributed by atoms with van der Waals surface area (Å²) in [5.74, 6) is 1.05. The third-order valence-corrected chi connectivity index (χ3v) is 4.70. The number of Topliss-reactive ketones (excluding diaryl/α,β-unsaturated/α-hetero) is 1. The fourth-order valence-electron chi connectivity index (χ4n) is 2.15. The minimum Gasteiger partial charge on any atom is -0.497 e. The van der Waals surface area contributed by atoms with Gasteiger partial charge in [-0.3, -0.25) is 4.79 Å². The van der Waals surface area contributed by atoms with E-state index in [0.29, 0.717) is 22.3 Å². The number of ether oxygens (including phenoxy) is 1. The van der Waals surface area contributed by atoms with E-state index in [1.54, 1.807) is 36.1 Å². The fourth-order valence-corrected chi connectivity index (χ4v) is 3.05. The van der Waals surface area contributed by atoms with E-state index in [-0.39, 0.29) is 11.5 Å². The molecule has 0 aliphatic heterocycles. The van der Waals surface area contributed by atoms with E-state index in [4.69, 9.17) is 16.3 Å². The summed E-state index contributed by atoms with van der Waals surface area (Å²) in [6, 6.07) is 14.5. The van der Waals surface area contributed by atoms with E-state index in [1.807, 2.05) is 24.3 Å². The highest BCUT2D eigenvalue weighted by atomic mass is 35.5. The van der Waals surface area contributed by atoms with Gasteiger partial charge in [0.1, 0.15) is 5.75 Å². The van der Waals surface area contributed by atoms with Crippen molar-refractivity contribution in [3.63, 3.8) is 0 Å². The van der Waals surface area contributed by atoms with Crippen LogP contribution in [0, 0.1) is 0 Å². The van der Waals surface area contributed by atoms with Gasteiger partial charge in [0.25, 0.3) is 0 Å². The number of rotatable bonds is 7. The van der Waals surface area contributed by atoms with E-state index in [2.05, 4.69) is 15.5 Å². The van der Waals surface area contributed by atoms with Crippen LogP contribution in [-0.2, 0) is 6.54 Å². The van der Waals surface area contributed by atoms with Gasteiger partial charge in [-0.05, 0) is 52.4 Å². The van der Waals surface area contributed by atoms with E-state index in [0.717, 1.165) is 11.3 Å². The Morgan fingerprint density at radius 1 is 1.16 bits per heavy atom. The van der Waals surface area contributed by atoms with Gasteiger partial charge in [-0.1, -0.05) is 35.5 Å². The SMILES string of the molecule is COc1ccc(Cn2nnnc2SCC(=O)c2ccc(Cl)cc2)cc1. The number of nitrogens with zero attached hydrogens (tertiary/aromatic N) is 4. The van der Waals surface area contributed by atoms with Crippen molar-refractivity contribution in [2.24, 2.45) is 0 Å². The zero-order valence-corrected chi connectivity index (χ0v) is 15.0. The van der Waals surface area contributed by atoms with Gasteiger partial charge in [0.15, 0.2) is 5.78 Å². The van der Waals surface area contributed by atoms with Gasteiger partial charge < -0.3 is 4.74 Å². The molecule has 0 spiro atoms. The second-order valence-electron chi connectivity index (χ2n) is 5.19. The van der Waals surface area contributed by atoms with Crippen LogP contribution in [-0.4, -0.2) is 38.9 Å². The van der Waals surface area contributed by atoms with Crippen LogP contribution in [0.2, 0.25) is 5.02 Å². The number of ketones is 1. The minimum absolute atomic E-state index is 0.000615. The molecular formula is C17H15ClN4O2S. The summed E-state index contributed by atoms with van der Waals surface area (Å²) in [5, 5.41) is 12.9. The molecule has 0 unspecified atom stereocenters. The van der Waals surface area contributed by atoms with Crippen molar-refractivity contribution in [2.75, 3.05) is 12.9 Å². The fraction of sp³-hybridized carbons (Fsp3) is 0.176. The second kappa shape index (κ2) is 8.13. The molecule has 0 aliphatic carbocycles. The van der Waals surface area contributed by atoms with Crippen molar-refractivity contribution in [2.45, 2.75) is 11.7 Å². The summed E-state index contributed by atoms with van der Waals surface area (Å²) in [6.45, 7) is 0.522. The summed E-state index contributed by atoms with van der Waals surface area (Å²) in [7, 11) is 1.63. The number of halogens is 1. The van der Waals surface area contributed by atoms with Crippen molar-refractivity contribution >= 4 is 29.1 Å². The van der Waals surface area contributed by atoms with E-state index < -0.39 is 0 Å². The van der Waals surface area contributed by atoms with Crippen LogP contribution < -0.4 is 4.74 Å². The molecule has 0 N–H and O–H groups in total. The van der Waals surface area contributed by atoms with Crippen molar-refractivity contribution in [1.82, 2.24) is 20.2 Å². The van der Waals surface area contributed by atoms with E-state index in [9.17, 15) is 4.79 Å². The smallest absolute Gasteiger partial charge is 0.210 e. The van der Waals surface area contributed by atoms with Crippen molar-refractivity contribution in [3.8, 4) is 5.75 Å². The van der Waals surface area contributed by atoms with Crippen LogP contribution >= 0.6 is 23.4 Å². The number of tetrazole rings is 1. The number of carbonyl (C=O) groups excluding carboxylic acids is 1. The maximum Gasteiger partial charge on any atom is 0.210 e. The molecule has 0 saturated carbocycles. The molecule has 0 fully saturated rings. The maximum absolute atomic E-state index is 12.2. The standard InChI is InChI=1S/C17H15ClN4O2S/c1-24-15-8-2-12(3-9-15)10-22-17(19-20-21-22)25-11-16(23)13-4-6-14(18)7-5-13/h2-9H,10-11H2,1H3. The normalized spacial score (nSPS) is 10.6. The summed E-state index contributed by atoms with van der Waals surface area (Å²) >= 11 is 7.14. The quantitative estimate of drug-likeness (QED) is 0.466. The number of aromatic nitrogens is 4. The lowest BCUT2D eigenvalue weighted by atomic mass is 10.1. The zero-order chi connectivity index (χ0) is 17.6. The molecule has 3 rings (SSSR count). The minimum atomic E-state index is 0.000615. The second-order valence-corrected chi connectivity index (χ2v) is 6.56. The molecule has 1 aromatic heterocycles. The Labute approximate surface area is 154 Å². The number of thioether (sulfide) groups is 1. The van der Waals surface area contributed by atoms with Crippen LogP contribution in [0.1, 0.15) is 15.9 Å². The first-order chi connectivity index (χ1) is 12.2. The highest BCUT2D eigenvalue weighted by Crippen LogP contribution is 2.19. The van der Waals surface area contributed by atoms with Gasteiger partial charge in [0, 0.05) is 10.6 Å². The molecule has 0 bridgehead atoms. The number of benzene rings is 2. The molecule has 0 atom stereocenters. The Bertz CT molecular complexity index is 850. The van der Waals surface area contributed by atoms with Crippen molar-refractivity contribution < 1.29 is 9.53 Å². The van der Waals surface area contributed by atoms with Gasteiger partial charge >= 0.3 is 0 Å². The van der Waals surface area contributed by atoms with Crippen LogP contribution in [0.3, 0.4) is 0 Å². The predicted molar refractivity (Wildman–Crippen MR) is 96.4 cm³/mol. The third kappa shape index (κ3) is 4.58. The summed E-state index contributed by atoms with van der Waals surface area (Å²) < 4.78 is 6.81. The lowest BCUT2D eigenvalue weighted by Gasteiger charge is -2.06. The molecule has 0 radical (unpaired) electrons. The first-order valence-corrected chi connectivity index (χ1v) is 8.83. The van der Waals surface area contributed by atoms with Gasteiger partial charge in [0.2, 0.25) is 5.16 Å². The van der Waals surface area contributed by atoms with Crippen molar-refractivity contribution in [3.05, 3.63) is 64.7 Å². The monoisotopic (exact) mass is 374 g/mol. The summed E-state index contributed by atoms with van der Waals surface area (Å²) in [6.07, 6.45) is 0. The Hall–Kier alpha value is -2.38. The molecule has 0 saturated heterocycles. The first-order valence-electron chi connectivity index (χ1n) is 7.46. The average Bonchev–Trinajstić information content (AvgIpc) is 3.08. The molecular weight excluding hydrogens is 360 g/mol. The maximum atomic E-state index is 12.2. The highest BCUT2D eigenvalue weighted by molar-refractivity contribution is 7.99. The van der Waals surface area contributed by atoms with Gasteiger partial charge in [0.05, 0.1) is 19.4 Å². The van der Waals surface area contributed by atoms with Crippen LogP contribution in [0.25, 0.3) is 0 Å². The highest BCUT2D eigenvalue weighted by Gasteiger charge is 2.12. The van der Waals surface area contributed by atoms with E-state index >= 15 is 0 Å². The average molecular weight is 375 g/mol. The Morgan fingerprint density at radius 3 is 2.56 bits per heavy atom. The van der Waals surface area contributed by atoms with E-state index in [1.165, 1.54) is 11.8 Å². The zero-order valence-electron chi connectivity index (χ0n) is 13.4. The van der Waals surface area contributed by atoms with Crippen LogP contribution in [0.5, 0.6) is 5.75 Å². The van der Waals surface area contributed by atoms with Crippen LogP contribution in [0.15, 0.2) is 53.7 Å². The van der Waals surface area contributed by atoms with Gasteiger partial charge in [-0.25, -0.2) is 4.68 Å². The topological polar surface area (TPSA) is 69.9 Å². The summed E-state index contributed by atoms with van der Waals surface area (Å²) in [4.78, 5) is 12.2. The predicted octanol–water partition coefficient (Wildman–Crippen LogP) is 3.36. The molecule has 128 valence electrons. The summed E-state index contributed by atoms with van der Waals surface area (Å²) in [5.41, 5.74) is 1.66. The number of methoxy groups -OCH3 is 1. The molecule has 0 amide bonds. The lowest BCUT2D eigenvalue weighted by molar-refractivity contribution is 0.102. The Morgan fingerprint density at radius 2 is 1.88 bits per heavy atom. The number of hydrogen-bond acceptors (Lipinski definition) is 6. The molecule has 3 aromatic rings. The molecule has 1 heterocycles. The van der Waals surface area contributed by atoms with Gasteiger partial charge in [-0.2, -0.15) is 0 Å². The van der Waals surface area contributed by atoms with Crippen LogP contribution in [0.4, 0.5) is 0 Å². The lowest BCUT2D eigenvalue weighted by Crippen LogP contribution is -2.07. The Balaban J connectivity index is 1.63. The van der Waals surface area contributed by atoms with Crippen molar-refractivity contribution in [1.29, 1.82) is 0 Å².